The number of aliphatic hydroxyl groups excluding tert-OH is 1. The summed E-state index contributed by atoms with van der Waals surface area (Å²) in [6.45, 7) is 4.24. The van der Waals surface area contributed by atoms with Crippen molar-refractivity contribution in [2.45, 2.75) is 25.6 Å². The van der Waals surface area contributed by atoms with Gasteiger partial charge in [-0.25, -0.2) is 9.07 Å². The van der Waals surface area contributed by atoms with Crippen molar-refractivity contribution in [3.05, 3.63) is 47.7 Å². The third-order valence-electron chi connectivity index (χ3n) is 4.30. The highest BCUT2D eigenvalue weighted by molar-refractivity contribution is 5.80. The lowest BCUT2D eigenvalue weighted by Crippen LogP contribution is -2.47. The van der Waals surface area contributed by atoms with E-state index in [9.17, 15) is 9.50 Å². The number of rotatable bonds is 4. The fraction of sp³-hybridized carbons (Fsp3) is 0.375. The van der Waals surface area contributed by atoms with E-state index in [-0.39, 0.29) is 11.9 Å². The first kappa shape index (κ1) is 14.3. The number of aromatic amines is 1. The summed E-state index contributed by atoms with van der Waals surface area (Å²) in [5, 5.41) is 18.6. The molecule has 6 nitrogen and oxygen atoms in total. The molecule has 0 saturated carbocycles. The van der Waals surface area contributed by atoms with Crippen LogP contribution in [-0.2, 0) is 6.54 Å². The van der Waals surface area contributed by atoms with Gasteiger partial charge in [0.05, 0.1) is 18.3 Å². The number of nitrogens with zero attached hydrogens (tertiary/aromatic N) is 4. The van der Waals surface area contributed by atoms with E-state index in [1.54, 1.807) is 19.2 Å². The topological polar surface area (TPSA) is 70.0 Å². The van der Waals surface area contributed by atoms with Gasteiger partial charge in [0.2, 0.25) is 0 Å². The fourth-order valence-electron chi connectivity index (χ4n) is 2.98. The van der Waals surface area contributed by atoms with E-state index in [2.05, 4.69) is 26.3 Å². The summed E-state index contributed by atoms with van der Waals surface area (Å²) in [6.07, 6.45) is 1.21. The van der Waals surface area contributed by atoms with E-state index < -0.39 is 6.10 Å². The van der Waals surface area contributed by atoms with Gasteiger partial charge in [-0.2, -0.15) is 0 Å². The molecule has 0 spiro atoms. The fourth-order valence-corrected chi connectivity index (χ4v) is 2.98. The molecule has 1 aromatic carbocycles. The van der Waals surface area contributed by atoms with E-state index in [1.807, 2.05) is 4.68 Å². The van der Waals surface area contributed by atoms with Crippen molar-refractivity contribution in [2.75, 3.05) is 13.1 Å². The molecule has 1 aliphatic heterocycles. The van der Waals surface area contributed by atoms with Gasteiger partial charge in [0.1, 0.15) is 11.5 Å². The second-order valence-electron chi connectivity index (χ2n) is 6.17. The van der Waals surface area contributed by atoms with Crippen molar-refractivity contribution in [3.8, 4) is 0 Å². The maximum absolute atomic E-state index is 13.2. The zero-order chi connectivity index (χ0) is 16.0. The van der Waals surface area contributed by atoms with Crippen LogP contribution in [0.1, 0.15) is 30.5 Å². The molecule has 3 heterocycles. The minimum absolute atomic E-state index is 0.227. The summed E-state index contributed by atoms with van der Waals surface area (Å²) in [5.41, 5.74) is 2.50. The third-order valence-corrected chi connectivity index (χ3v) is 4.30. The van der Waals surface area contributed by atoms with Crippen LogP contribution in [0.5, 0.6) is 0 Å². The number of hydrogen-bond acceptors (Lipinski definition) is 4. The van der Waals surface area contributed by atoms with Crippen LogP contribution in [0.25, 0.3) is 10.9 Å². The van der Waals surface area contributed by atoms with Crippen LogP contribution in [0.3, 0.4) is 0 Å². The SMILES string of the molecule is CC(O)c1cn(C2CN(Cc3cc4ccc(F)cc4[nH]3)C2)nn1. The van der Waals surface area contributed by atoms with Crippen LogP contribution in [-0.4, -0.2) is 43.1 Å². The Bertz CT molecular complexity index is 834. The molecule has 1 saturated heterocycles. The molecule has 3 aromatic rings. The average Bonchev–Trinajstić information content (AvgIpc) is 3.08. The smallest absolute Gasteiger partial charge is 0.125 e. The van der Waals surface area contributed by atoms with E-state index in [0.29, 0.717) is 5.69 Å². The van der Waals surface area contributed by atoms with Gasteiger partial charge in [0.15, 0.2) is 0 Å². The molecule has 1 unspecified atom stereocenters. The summed E-state index contributed by atoms with van der Waals surface area (Å²) in [4.78, 5) is 5.55. The summed E-state index contributed by atoms with van der Waals surface area (Å²) in [6, 6.07) is 7.13. The van der Waals surface area contributed by atoms with Gasteiger partial charge >= 0.3 is 0 Å². The molecule has 1 aliphatic rings. The Morgan fingerprint density at radius 1 is 1.39 bits per heavy atom. The molecule has 0 bridgehead atoms. The van der Waals surface area contributed by atoms with E-state index in [4.69, 9.17) is 0 Å². The van der Waals surface area contributed by atoms with Crippen molar-refractivity contribution < 1.29 is 9.50 Å². The molecule has 1 atom stereocenters. The maximum Gasteiger partial charge on any atom is 0.125 e. The molecule has 7 heteroatoms. The molecule has 23 heavy (non-hydrogen) atoms. The summed E-state index contributed by atoms with van der Waals surface area (Å²) < 4.78 is 15.0. The van der Waals surface area contributed by atoms with E-state index in [0.717, 1.165) is 36.2 Å². The number of hydrogen-bond donors (Lipinski definition) is 2. The lowest BCUT2D eigenvalue weighted by Gasteiger charge is -2.38. The van der Waals surface area contributed by atoms with Gasteiger partial charge in [-0.15, -0.1) is 5.10 Å². The Labute approximate surface area is 132 Å². The van der Waals surface area contributed by atoms with Gasteiger partial charge < -0.3 is 10.1 Å². The van der Waals surface area contributed by atoms with Crippen molar-refractivity contribution in [2.24, 2.45) is 0 Å². The quantitative estimate of drug-likeness (QED) is 0.773. The minimum Gasteiger partial charge on any atom is -0.387 e. The maximum atomic E-state index is 13.2. The monoisotopic (exact) mass is 315 g/mol. The molecular formula is C16H18FN5O. The Balaban J connectivity index is 1.39. The number of likely N-dealkylation sites (tertiary alicyclic amines) is 1. The number of aromatic nitrogens is 4. The first-order valence-electron chi connectivity index (χ1n) is 7.68. The minimum atomic E-state index is -0.591. The number of benzene rings is 1. The predicted molar refractivity (Wildman–Crippen MR) is 83.2 cm³/mol. The number of aliphatic hydroxyl groups is 1. The molecule has 0 radical (unpaired) electrons. The van der Waals surface area contributed by atoms with Crippen LogP contribution < -0.4 is 0 Å². The van der Waals surface area contributed by atoms with Crippen LogP contribution in [0.4, 0.5) is 4.39 Å². The zero-order valence-electron chi connectivity index (χ0n) is 12.8. The summed E-state index contributed by atoms with van der Waals surface area (Å²) in [7, 11) is 0. The highest BCUT2D eigenvalue weighted by Gasteiger charge is 2.29. The normalized spacial score (nSPS) is 17.5. The van der Waals surface area contributed by atoms with Gasteiger partial charge in [0, 0.05) is 30.8 Å². The number of fused-ring (bicyclic) bond motifs is 1. The predicted octanol–water partition coefficient (Wildman–Crippen LogP) is 2.01. The van der Waals surface area contributed by atoms with Crippen LogP contribution in [0.15, 0.2) is 30.5 Å². The lowest BCUT2D eigenvalue weighted by molar-refractivity contribution is 0.0885. The Kier molecular flexibility index (Phi) is 3.39. The average molecular weight is 315 g/mol. The number of halogens is 1. The lowest BCUT2D eigenvalue weighted by atomic mass is 10.1. The van der Waals surface area contributed by atoms with E-state index >= 15 is 0 Å². The molecule has 120 valence electrons. The molecule has 2 aromatic heterocycles. The standard InChI is InChI=1S/C16H18FN5O/c1-10(23)16-9-22(20-19-16)14-7-21(8-14)6-13-4-11-2-3-12(17)5-15(11)18-13/h2-5,9-10,14,18,23H,6-8H2,1H3. The molecule has 0 amide bonds. The van der Waals surface area contributed by atoms with Crippen molar-refractivity contribution in [3.63, 3.8) is 0 Å². The second-order valence-corrected chi connectivity index (χ2v) is 6.17. The Morgan fingerprint density at radius 2 is 2.22 bits per heavy atom. The molecule has 4 rings (SSSR count). The number of H-pyrrole nitrogens is 1. The number of nitrogens with one attached hydrogen (secondary N) is 1. The molecular weight excluding hydrogens is 297 g/mol. The van der Waals surface area contributed by atoms with Gasteiger partial charge in [0.25, 0.3) is 0 Å². The molecule has 1 fully saturated rings. The van der Waals surface area contributed by atoms with Crippen molar-refractivity contribution in [1.82, 2.24) is 24.9 Å². The van der Waals surface area contributed by atoms with E-state index in [1.165, 1.54) is 12.1 Å². The highest BCUT2D eigenvalue weighted by atomic mass is 19.1. The summed E-state index contributed by atoms with van der Waals surface area (Å²) >= 11 is 0. The summed E-state index contributed by atoms with van der Waals surface area (Å²) in [5.74, 6) is -0.227. The van der Waals surface area contributed by atoms with Crippen molar-refractivity contribution >= 4 is 10.9 Å². The van der Waals surface area contributed by atoms with Crippen LogP contribution in [0.2, 0.25) is 0 Å². The highest BCUT2D eigenvalue weighted by Crippen LogP contribution is 2.24. The third kappa shape index (κ3) is 2.73. The largest absolute Gasteiger partial charge is 0.387 e. The molecule has 0 aliphatic carbocycles. The van der Waals surface area contributed by atoms with Crippen molar-refractivity contribution in [1.29, 1.82) is 0 Å². The van der Waals surface area contributed by atoms with Crippen LogP contribution >= 0.6 is 0 Å². The van der Waals surface area contributed by atoms with Gasteiger partial charge in [-0.1, -0.05) is 5.21 Å². The van der Waals surface area contributed by atoms with Gasteiger partial charge in [-0.05, 0) is 36.6 Å². The first-order chi connectivity index (χ1) is 11.1. The Hall–Kier alpha value is -2.25. The molecule has 2 N–H and O–H groups in total. The zero-order valence-corrected chi connectivity index (χ0v) is 12.8. The van der Waals surface area contributed by atoms with Gasteiger partial charge in [-0.3, -0.25) is 4.90 Å². The first-order valence-corrected chi connectivity index (χ1v) is 7.68. The van der Waals surface area contributed by atoms with Crippen LogP contribution in [0, 0.1) is 5.82 Å². The Morgan fingerprint density at radius 3 is 2.96 bits per heavy atom. The second kappa shape index (κ2) is 5.43.